The van der Waals surface area contributed by atoms with E-state index in [0.717, 1.165) is 11.3 Å². The van der Waals surface area contributed by atoms with Crippen LogP contribution in [0.25, 0.3) is 5.69 Å². The molecule has 3 rings (SSSR count). The van der Waals surface area contributed by atoms with Crippen LogP contribution in [0.3, 0.4) is 0 Å². The quantitative estimate of drug-likeness (QED) is 0.764. The fourth-order valence-electron chi connectivity index (χ4n) is 2.66. The molecule has 0 fully saturated rings. The van der Waals surface area contributed by atoms with Gasteiger partial charge in [0.1, 0.15) is 29.0 Å². The number of aryl methyl sites for hydroxylation is 2. The number of hydrogen-bond acceptors (Lipinski definition) is 5. The van der Waals surface area contributed by atoms with Crippen LogP contribution in [0.4, 0.5) is 11.5 Å². The number of hydrogen-bond donors (Lipinski definition) is 2. The van der Waals surface area contributed by atoms with Crippen LogP contribution in [0.2, 0.25) is 0 Å². The second-order valence-corrected chi connectivity index (χ2v) is 5.68. The maximum absolute atomic E-state index is 12.5. The van der Waals surface area contributed by atoms with E-state index in [-0.39, 0.29) is 11.7 Å². The molecule has 0 aliphatic heterocycles. The Labute approximate surface area is 144 Å². The summed E-state index contributed by atoms with van der Waals surface area (Å²) in [6.07, 6.45) is 1.41. The second kappa shape index (κ2) is 6.17. The molecule has 25 heavy (non-hydrogen) atoms. The SMILES string of the molecule is Cc1oc(C)c(C(=O)Nc2ccc(-n3ncc(C#N)c3N)cc2)c1C. The highest BCUT2D eigenvalue weighted by molar-refractivity contribution is 6.06. The van der Waals surface area contributed by atoms with Crippen LogP contribution < -0.4 is 11.1 Å². The molecule has 0 bridgehead atoms. The standard InChI is InChI=1S/C18H17N5O2/c1-10-11(2)25-12(3)16(10)18(24)22-14-4-6-15(7-5-14)23-17(20)13(8-19)9-21-23/h4-7,9H,20H2,1-3H3,(H,22,24). The van der Waals surface area contributed by atoms with Crippen LogP contribution in [-0.4, -0.2) is 15.7 Å². The van der Waals surface area contributed by atoms with E-state index in [1.807, 2.05) is 19.9 Å². The van der Waals surface area contributed by atoms with Gasteiger partial charge in [0, 0.05) is 11.3 Å². The van der Waals surface area contributed by atoms with Crippen molar-refractivity contribution in [2.75, 3.05) is 11.1 Å². The summed E-state index contributed by atoms with van der Waals surface area (Å²) in [6, 6.07) is 9.00. The van der Waals surface area contributed by atoms with Crippen molar-refractivity contribution in [1.29, 1.82) is 5.26 Å². The van der Waals surface area contributed by atoms with Crippen LogP contribution in [0.15, 0.2) is 34.9 Å². The Morgan fingerprint density at radius 1 is 1.24 bits per heavy atom. The number of carbonyl (C=O) groups excluding carboxylic acids is 1. The van der Waals surface area contributed by atoms with Gasteiger partial charge < -0.3 is 15.5 Å². The lowest BCUT2D eigenvalue weighted by Gasteiger charge is -2.08. The summed E-state index contributed by atoms with van der Waals surface area (Å²) in [5, 5.41) is 15.9. The Hall–Kier alpha value is -3.53. The number of carbonyl (C=O) groups is 1. The zero-order valence-corrected chi connectivity index (χ0v) is 14.1. The number of nitrogens with two attached hydrogens (primary N) is 1. The molecule has 0 saturated carbocycles. The van der Waals surface area contributed by atoms with Crippen molar-refractivity contribution in [2.24, 2.45) is 0 Å². The first-order chi connectivity index (χ1) is 11.9. The Balaban J connectivity index is 1.82. The lowest BCUT2D eigenvalue weighted by atomic mass is 10.1. The Morgan fingerprint density at radius 2 is 1.92 bits per heavy atom. The van der Waals surface area contributed by atoms with Crippen molar-refractivity contribution in [3.05, 3.63) is 58.7 Å². The van der Waals surface area contributed by atoms with Gasteiger partial charge in [-0.25, -0.2) is 4.68 Å². The first-order valence-corrected chi connectivity index (χ1v) is 7.64. The smallest absolute Gasteiger partial charge is 0.259 e. The van der Waals surface area contributed by atoms with Crippen LogP contribution in [-0.2, 0) is 0 Å². The molecule has 3 N–H and O–H groups in total. The van der Waals surface area contributed by atoms with Crippen molar-refractivity contribution < 1.29 is 9.21 Å². The Morgan fingerprint density at radius 3 is 2.44 bits per heavy atom. The molecule has 2 heterocycles. The number of nitrogen functional groups attached to an aromatic ring is 1. The molecule has 0 spiro atoms. The van der Waals surface area contributed by atoms with Crippen LogP contribution in [0.1, 0.15) is 33.0 Å². The van der Waals surface area contributed by atoms with Gasteiger partial charge in [-0.1, -0.05) is 0 Å². The molecule has 7 heteroatoms. The van der Waals surface area contributed by atoms with Crippen molar-refractivity contribution in [1.82, 2.24) is 9.78 Å². The fraction of sp³-hybridized carbons (Fsp3) is 0.167. The number of benzene rings is 1. The van der Waals surface area contributed by atoms with Gasteiger partial charge in [-0.3, -0.25) is 4.79 Å². The van der Waals surface area contributed by atoms with E-state index in [4.69, 9.17) is 15.4 Å². The van der Waals surface area contributed by atoms with Gasteiger partial charge >= 0.3 is 0 Å². The largest absolute Gasteiger partial charge is 0.466 e. The molecule has 0 unspecified atom stereocenters. The molecule has 3 aromatic rings. The first-order valence-electron chi connectivity index (χ1n) is 7.64. The van der Waals surface area contributed by atoms with Crippen molar-refractivity contribution in [2.45, 2.75) is 20.8 Å². The minimum absolute atomic E-state index is 0.218. The zero-order valence-electron chi connectivity index (χ0n) is 14.1. The second-order valence-electron chi connectivity index (χ2n) is 5.68. The third-order valence-electron chi connectivity index (χ3n) is 4.09. The predicted molar refractivity (Wildman–Crippen MR) is 93.6 cm³/mol. The molecular formula is C18H17N5O2. The Kier molecular flexibility index (Phi) is 4.03. The third kappa shape index (κ3) is 2.85. The van der Waals surface area contributed by atoms with E-state index < -0.39 is 0 Å². The number of furan rings is 1. The summed E-state index contributed by atoms with van der Waals surface area (Å²) in [5.74, 6) is 1.39. The Bertz CT molecular complexity index is 990. The number of aromatic nitrogens is 2. The van der Waals surface area contributed by atoms with Crippen LogP contribution in [0.5, 0.6) is 0 Å². The number of nitrogens with one attached hydrogen (secondary N) is 1. The van der Waals surface area contributed by atoms with E-state index in [1.165, 1.54) is 10.9 Å². The maximum Gasteiger partial charge on any atom is 0.259 e. The molecule has 0 radical (unpaired) electrons. The van der Waals surface area contributed by atoms with E-state index >= 15 is 0 Å². The van der Waals surface area contributed by atoms with E-state index in [1.54, 1.807) is 31.2 Å². The van der Waals surface area contributed by atoms with Gasteiger partial charge in [0.05, 0.1) is 17.4 Å². The first kappa shape index (κ1) is 16.3. The third-order valence-corrected chi connectivity index (χ3v) is 4.09. The predicted octanol–water partition coefficient (Wildman–Crippen LogP) is 3.10. The lowest BCUT2D eigenvalue weighted by molar-refractivity contribution is 0.102. The number of nitrogens with zero attached hydrogens (tertiary/aromatic N) is 3. The highest BCUT2D eigenvalue weighted by Crippen LogP contribution is 2.23. The lowest BCUT2D eigenvalue weighted by Crippen LogP contribution is -2.13. The van der Waals surface area contributed by atoms with Crippen LogP contribution in [0, 0.1) is 32.1 Å². The van der Waals surface area contributed by atoms with Crippen molar-refractivity contribution in [3.63, 3.8) is 0 Å². The average molecular weight is 335 g/mol. The van der Waals surface area contributed by atoms with Crippen molar-refractivity contribution >= 4 is 17.4 Å². The molecular weight excluding hydrogens is 318 g/mol. The normalized spacial score (nSPS) is 10.5. The van der Waals surface area contributed by atoms with Gasteiger partial charge in [0.25, 0.3) is 5.91 Å². The summed E-state index contributed by atoms with van der Waals surface area (Å²) in [6.45, 7) is 5.46. The molecule has 2 aromatic heterocycles. The van der Waals surface area contributed by atoms with E-state index in [2.05, 4.69) is 10.4 Å². The summed E-state index contributed by atoms with van der Waals surface area (Å²) < 4.78 is 6.96. The molecule has 126 valence electrons. The summed E-state index contributed by atoms with van der Waals surface area (Å²) in [7, 11) is 0. The summed E-state index contributed by atoms with van der Waals surface area (Å²) in [5.41, 5.74) is 8.91. The van der Waals surface area contributed by atoms with E-state index in [0.29, 0.717) is 28.3 Å². The van der Waals surface area contributed by atoms with Gasteiger partial charge in [0.2, 0.25) is 0 Å². The highest BCUT2D eigenvalue weighted by atomic mass is 16.3. The monoisotopic (exact) mass is 335 g/mol. The zero-order chi connectivity index (χ0) is 18.1. The summed E-state index contributed by atoms with van der Waals surface area (Å²) in [4.78, 5) is 12.5. The van der Waals surface area contributed by atoms with Gasteiger partial charge in [-0.15, -0.1) is 0 Å². The van der Waals surface area contributed by atoms with Crippen LogP contribution >= 0.6 is 0 Å². The maximum atomic E-state index is 12.5. The molecule has 0 aliphatic carbocycles. The molecule has 1 amide bonds. The number of anilines is 2. The number of nitriles is 1. The topological polar surface area (TPSA) is 110 Å². The minimum Gasteiger partial charge on any atom is -0.466 e. The van der Waals surface area contributed by atoms with Gasteiger partial charge in [-0.2, -0.15) is 10.4 Å². The van der Waals surface area contributed by atoms with Gasteiger partial charge in [-0.05, 0) is 45.0 Å². The van der Waals surface area contributed by atoms with Gasteiger partial charge in [0.15, 0.2) is 0 Å². The number of rotatable bonds is 3. The fourth-order valence-corrected chi connectivity index (χ4v) is 2.66. The average Bonchev–Trinajstić information content (AvgIpc) is 3.07. The highest BCUT2D eigenvalue weighted by Gasteiger charge is 2.18. The molecule has 0 atom stereocenters. The molecule has 1 aromatic carbocycles. The summed E-state index contributed by atoms with van der Waals surface area (Å²) >= 11 is 0. The van der Waals surface area contributed by atoms with E-state index in [9.17, 15) is 4.79 Å². The molecule has 0 saturated heterocycles. The number of amides is 1. The minimum atomic E-state index is -0.218. The molecule has 7 nitrogen and oxygen atoms in total. The van der Waals surface area contributed by atoms with Crippen molar-refractivity contribution in [3.8, 4) is 11.8 Å². The molecule has 0 aliphatic rings.